The number of nitro groups is 1. The lowest BCUT2D eigenvalue weighted by Gasteiger charge is -2.22. The third-order valence-corrected chi connectivity index (χ3v) is 5.00. The lowest BCUT2D eigenvalue weighted by molar-refractivity contribution is -0.385. The van der Waals surface area contributed by atoms with Crippen molar-refractivity contribution >= 4 is 23.5 Å². The fourth-order valence-electron chi connectivity index (χ4n) is 3.30. The van der Waals surface area contributed by atoms with Gasteiger partial charge in [0.05, 0.1) is 12.0 Å². The highest BCUT2D eigenvalue weighted by Gasteiger charge is 2.22. The molecule has 1 saturated carbocycles. The third-order valence-electron chi connectivity index (χ3n) is 5.00. The van der Waals surface area contributed by atoms with Gasteiger partial charge in [-0.2, -0.15) is 0 Å². The average Bonchev–Trinajstić information content (AvgIpc) is 2.75. The highest BCUT2D eigenvalue weighted by Crippen LogP contribution is 2.27. The Labute approximate surface area is 174 Å². The van der Waals surface area contributed by atoms with E-state index in [1.807, 2.05) is 0 Å². The molecule has 10 heteroatoms. The number of esters is 1. The van der Waals surface area contributed by atoms with Crippen LogP contribution < -0.4 is 15.4 Å². The summed E-state index contributed by atoms with van der Waals surface area (Å²) < 4.78 is 9.92. The van der Waals surface area contributed by atoms with E-state index in [9.17, 15) is 24.5 Å². The highest BCUT2D eigenvalue weighted by molar-refractivity contribution is 5.97. The topological polar surface area (TPSA) is 137 Å². The van der Waals surface area contributed by atoms with Gasteiger partial charge in [0.2, 0.25) is 0 Å². The van der Waals surface area contributed by atoms with Crippen LogP contribution >= 0.6 is 0 Å². The van der Waals surface area contributed by atoms with E-state index in [1.165, 1.54) is 45.4 Å². The number of ether oxygens (including phenoxy) is 2. The highest BCUT2D eigenvalue weighted by atomic mass is 16.6. The van der Waals surface area contributed by atoms with Crippen molar-refractivity contribution in [1.29, 1.82) is 0 Å². The Bertz CT molecular complexity index is 791. The summed E-state index contributed by atoms with van der Waals surface area (Å²) >= 11 is 0. The first-order valence-corrected chi connectivity index (χ1v) is 9.89. The van der Waals surface area contributed by atoms with Crippen molar-refractivity contribution in [3.05, 3.63) is 33.9 Å². The van der Waals surface area contributed by atoms with Crippen molar-refractivity contribution in [2.45, 2.75) is 45.1 Å². The molecule has 1 aliphatic rings. The van der Waals surface area contributed by atoms with Gasteiger partial charge < -0.3 is 20.1 Å². The van der Waals surface area contributed by atoms with Gasteiger partial charge in [-0.15, -0.1) is 0 Å². The van der Waals surface area contributed by atoms with Gasteiger partial charge in [-0.3, -0.25) is 24.5 Å². The minimum atomic E-state index is -0.986. The van der Waals surface area contributed by atoms with Crippen LogP contribution in [0, 0.1) is 16.0 Å². The Balaban J connectivity index is 1.79. The largest absolute Gasteiger partial charge is 0.490 e. The molecule has 0 bridgehead atoms. The number of methoxy groups -OCH3 is 1. The fraction of sp³-hybridized carbons (Fsp3) is 0.550. The summed E-state index contributed by atoms with van der Waals surface area (Å²) in [6.07, 6.45) is 4.76. The first-order chi connectivity index (χ1) is 14.3. The Morgan fingerprint density at radius 2 is 1.90 bits per heavy atom. The molecular formula is C20H27N3O7. The van der Waals surface area contributed by atoms with Crippen molar-refractivity contribution in [2.24, 2.45) is 5.92 Å². The molecule has 0 aliphatic heterocycles. The van der Waals surface area contributed by atoms with E-state index in [1.54, 1.807) is 0 Å². The van der Waals surface area contributed by atoms with Gasteiger partial charge in [0.15, 0.2) is 11.9 Å². The van der Waals surface area contributed by atoms with E-state index in [4.69, 9.17) is 9.47 Å². The minimum Gasteiger partial charge on any atom is -0.490 e. The molecule has 164 valence electrons. The number of nitrogens with zero attached hydrogens (tertiary/aromatic N) is 1. The van der Waals surface area contributed by atoms with E-state index in [-0.39, 0.29) is 22.9 Å². The molecular weight excluding hydrogens is 394 g/mol. The standard InChI is InChI=1S/C20H27N3O7/c1-13(19(25)21-11-14-6-4-3-5-7-14)30-18(24)12-22-20(26)15-8-9-17(29-2)16(10-15)23(27)28/h8-10,13-14H,3-7,11-12H2,1-2H3,(H,21,25)(H,22,26)/t13-/m0/s1. The van der Waals surface area contributed by atoms with Crippen molar-refractivity contribution in [2.75, 3.05) is 20.2 Å². The maximum atomic E-state index is 12.2. The molecule has 2 N–H and O–H groups in total. The van der Waals surface area contributed by atoms with E-state index in [0.717, 1.165) is 18.9 Å². The zero-order valence-corrected chi connectivity index (χ0v) is 17.1. The van der Waals surface area contributed by atoms with Gasteiger partial charge >= 0.3 is 11.7 Å². The maximum Gasteiger partial charge on any atom is 0.326 e. The summed E-state index contributed by atoms with van der Waals surface area (Å²) in [5, 5.41) is 16.2. The molecule has 0 unspecified atom stereocenters. The molecule has 0 radical (unpaired) electrons. The second kappa shape index (κ2) is 11.1. The number of hydrogen-bond acceptors (Lipinski definition) is 7. The van der Waals surface area contributed by atoms with Crippen LogP contribution in [0.3, 0.4) is 0 Å². The molecule has 30 heavy (non-hydrogen) atoms. The Morgan fingerprint density at radius 3 is 2.53 bits per heavy atom. The van der Waals surface area contributed by atoms with Crippen LogP contribution in [-0.2, 0) is 14.3 Å². The van der Waals surface area contributed by atoms with Crippen molar-refractivity contribution in [3.63, 3.8) is 0 Å². The van der Waals surface area contributed by atoms with Gasteiger partial charge in [-0.25, -0.2) is 0 Å². The molecule has 1 fully saturated rings. The number of hydrogen-bond donors (Lipinski definition) is 2. The number of benzene rings is 1. The first-order valence-electron chi connectivity index (χ1n) is 9.89. The molecule has 0 aromatic heterocycles. The van der Waals surface area contributed by atoms with Gasteiger partial charge in [0.25, 0.3) is 11.8 Å². The minimum absolute atomic E-state index is 0.00595. The Kier molecular flexibility index (Phi) is 8.57. The summed E-state index contributed by atoms with van der Waals surface area (Å²) in [5.41, 5.74) is -0.371. The second-order valence-corrected chi connectivity index (χ2v) is 7.21. The van der Waals surface area contributed by atoms with Crippen LogP contribution in [0.1, 0.15) is 49.4 Å². The molecule has 1 aliphatic carbocycles. The van der Waals surface area contributed by atoms with Gasteiger partial charge in [0, 0.05) is 18.2 Å². The lowest BCUT2D eigenvalue weighted by Crippen LogP contribution is -2.40. The van der Waals surface area contributed by atoms with Crippen molar-refractivity contribution in [1.82, 2.24) is 10.6 Å². The summed E-state index contributed by atoms with van der Waals surface area (Å²) in [4.78, 5) is 46.6. The third kappa shape index (κ3) is 6.71. The molecule has 2 amide bonds. The molecule has 1 aromatic carbocycles. The Hall–Kier alpha value is -3.17. The first kappa shape index (κ1) is 23.1. The second-order valence-electron chi connectivity index (χ2n) is 7.21. The lowest BCUT2D eigenvalue weighted by atomic mass is 9.89. The van der Waals surface area contributed by atoms with Crippen LogP contribution in [0.4, 0.5) is 5.69 Å². The number of rotatable bonds is 9. The zero-order valence-electron chi connectivity index (χ0n) is 17.1. The maximum absolute atomic E-state index is 12.2. The SMILES string of the molecule is COc1ccc(C(=O)NCC(=O)O[C@@H](C)C(=O)NCC2CCCCC2)cc1[N+](=O)[O-]. The number of amides is 2. The molecule has 1 aromatic rings. The van der Waals surface area contributed by atoms with Crippen LogP contribution in [-0.4, -0.2) is 49.0 Å². The number of nitro benzene ring substituents is 1. The van der Waals surface area contributed by atoms with E-state index in [2.05, 4.69) is 10.6 Å². The molecule has 2 rings (SSSR count). The molecule has 0 spiro atoms. The van der Waals surface area contributed by atoms with Crippen molar-refractivity contribution < 1.29 is 28.8 Å². The Morgan fingerprint density at radius 1 is 1.20 bits per heavy atom. The predicted molar refractivity (Wildman–Crippen MR) is 107 cm³/mol. The molecule has 0 heterocycles. The molecule has 0 saturated heterocycles. The summed E-state index contributed by atoms with van der Waals surface area (Å²) in [6, 6.07) is 3.69. The van der Waals surface area contributed by atoms with Gasteiger partial charge in [0.1, 0.15) is 6.54 Å². The fourth-order valence-corrected chi connectivity index (χ4v) is 3.30. The van der Waals surface area contributed by atoms with Gasteiger partial charge in [-0.05, 0) is 37.8 Å². The normalized spacial score (nSPS) is 15.0. The number of nitrogens with one attached hydrogen (secondary N) is 2. The van der Waals surface area contributed by atoms with E-state index >= 15 is 0 Å². The summed E-state index contributed by atoms with van der Waals surface area (Å²) in [5.74, 6) is -1.38. The smallest absolute Gasteiger partial charge is 0.326 e. The zero-order chi connectivity index (χ0) is 22.1. The van der Waals surface area contributed by atoms with Gasteiger partial charge in [-0.1, -0.05) is 19.3 Å². The molecule has 10 nitrogen and oxygen atoms in total. The average molecular weight is 421 g/mol. The van der Waals surface area contributed by atoms with Crippen LogP contribution in [0.25, 0.3) is 0 Å². The van der Waals surface area contributed by atoms with Crippen LogP contribution in [0.2, 0.25) is 0 Å². The number of carbonyl (C=O) groups excluding carboxylic acids is 3. The summed E-state index contributed by atoms with van der Waals surface area (Å²) in [6.45, 7) is 1.55. The van der Waals surface area contributed by atoms with Crippen molar-refractivity contribution in [3.8, 4) is 5.75 Å². The summed E-state index contributed by atoms with van der Waals surface area (Å²) in [7, 11) is 1.28. The monoisotopic (exact) mass is 421 g/mol. The quantitative estimate of drug-likeness (QED) is 0.353. The van der Waals surface area contributed by atoms with Crippen LogP contribution in [0.5, 0.6) is 5.75 Å². The molecule has 1 atom stereocenters. The van der Waals surface area contributed by atoms with Crippen LogP contribution in [0.15, 0.2) is 18.2 Å². The van der Waals surface area contributed by atoms with E-state index in [0.29, 0.717) is 12.5 Å². The van der Waals surface area contributed by atoms with E-state index < -0.39 is 29.4 Å². The predicted octanol–water partition coefficient (Wildman–Crippen LogP) is 1.96. The number of carbonyl (C=O) groups is 3.